The summed E-state index contributed by atoms with van der Waals surface area (Å²) in [6.45, 7) is 3.77. The summed E-state index contributed by atoms with van der Waals surface area (Å²) in [7, 11) is 0. The van der Waals surface area contributed by atoms with E-state index in [1.807, 2.05) is 6.08 Å². The predicted molar refractivity (Wildman–Crippen MR) is 272 cm³/mol. The molecule has 7 unspecified atom stereocenters. The second-order valence-electron chi connectivity index (χ2n) is 19.0. The number of rotatable bonds is 46. The van der Waals surface area contributed by atoms with Crippen LogP contribution in [0.25, 0.3) is 0 Å². The van der Waals surface area contributed by atoms with Crippen LogP contribution < -0.4 is 5.32 Å². The minimum Gasteiger partial charge on any atom is -0.394 e. The third-order valence-corrected chi connectivity index (χ3v) is 12.9. The summed E-state index contributed by atoms with van der Waals surface area (Å²) in [6, 6.07) is -0.833. The largest absolute Gasteiger partial charge is 0.394 e. The molecule has 1 aliphatic heterocycles. The molecule has 0 saturated carbocycles. The minimum atomic E-state index is -1.58. The molecule has 9 nitrogen and oxygen atoms in total. The van der Waals surface area contributed by atoms with Gasteiger partial charge < -0.3 is 40.3 Å². The SMILES string of the molecule is CCCCCCCCCCC/C=C\CCCCCCCC(=O)NC(COC1OC(CO)C(O)C(O)C1O)C(O)/C=C/CC/C=C/CC/C=C/CCCCCCCCCCCCCCCC. The van der Waals surface area contributed by atoms with Crippen LogP contribution in [0.15, 0.2) is 48.6 Å². The number of aliphatic hydroxyl groups excluding tert-OH is 5. The van der Waals surface area contributed by atoms with Crippen molar-refractivity contribution in [2.75, 3.05) is 13.2 Å². The molecule has 0 bridgehead atoms. The smallest absolute Gasteiger partial charge is 0.220 e. The van der Waals surface area contributed by atoms with E-state index in [1.165, 1.54) is 161 Å². The number of ether oxygens (including phenoxy) is 2. The molecule has 0 aromatic heterocycles. The number of amides is 1. The van der Waals surface area contributed by atoms with E-state index in [0.29, 0.717) is 6.42 Å². The Morgan fingerprint density at radius 1 is 0.508 bits per heavy atom. The van der Waals surface area contributed by atoms with Crippen LogP contribution in [0.1, 0.15) is 245 Å². The Morgan fingerprint density at radius 3 is 1.29 bits per heavy atom. The van der Waals surface area contributed by atoms with Crippen molar-refractivity contribution in [1.29, 1.82) is 0 Å². The van der Waals surface area contributed by atoms with Gasteiger partial charge in [-0.05, 0) is 70.6 Å². The number of hydrogen-bond donors (Lipinski definition) is 6. The molecule has 1 amide bonds. The molecule has 0 aliphatic carbocycles. The summed E-state index contributed by atoms with van der Waals surface area (Å²) < 4.78 is 11.2. The highest BCUT2D eigenvalue weighted by Gasteiger charge is 2.44. The molecular weight excluding hydrogens is 815 g/mol. The van der Waals surface area contributed by atoms with Gasteiger partial charge in [0.25, 0.3) is 0 Å². The van der Waals surface area contributed by atoms with Crippen LogP contribution in [0, 0.1) is 0 Å². The summed E-state index contributed by atoms with van der Waals surface area (Å²) in [6.07, 6.45) is 53.1. The first-order chi connectivity index (χ1) is 31.8. The van der Waals surface area contributed by atoms with Crippen LogP contribution in [-0.4, -0.2) is 87.5 Å². The van der Waals surface area contributed by atoms with Crippen molar-refractivity contribution < 1.29 is 39.8 Å². The van der Waals surface area contributed by atoms with E-state index in [9.17, 15) is 30.3 Å². The zero-order chi connectivity index (χ0) is 47.3. The van der Waals surface area contributed by atoms with Crippen LogP contribution in [-0.2, 0) is 14.3 Å². The molecule has 65 heavy (non-hydrogen) atoms. The lowest BCUT2D eigenvalue weighted by Gasteiger charge is -2.40. The Labute approximate surface area is 399 Å². The van der Waals surface area contributed by atoms with Crippen molar-refractivity contribution in [1.82, 2.24) is 5.32 Å². The third kappa shape index (κ3) is 35.9. The van der Waals surface area contributed by atoms with E-state index in [2.05, 4.69) is 55.6 Å². The van der Waals surface area contributed by atoms with Crippen molar-refractivity contribution >= 4 is 5.91 Å². The average Bonchev–Trinajstić information content (AvgIpc) is 3.31. The Bertz CT molecular complexity index is 1160. The Balaban J connectivity index is 2.31. The highest BCUT2D eigenvalue weighted by Crippen LogP contribution is 2.23. The molecule has 380 valence electrons. The van der Waals surface area contributed by atoms with Crippen LogP contribution in [0.4, 0.5) is 0 Å². The molecule has 0 spiro atoms. The van der Waals surface area contributed by atoms with Gasteiger partial charge in [0.2, 0.25) is 5.91 Å². The topological polar surface area (TPSA) is 149 Å². The second-order valence-corrected chi connectivity index (χ2v) is 19.0. The van der Waals surface area contributed by atoms with Gasteiger partial charge in [0.15, 0.2) is 6.29 Å². The number of nitrogens with one attached hydrogen (secondary N) is 1. The predicted octanol–water partition coefficient (Wildman–Crippen LogP) is 13.0. The van der Waals surface area contributed by atoms with Gasteiger partial charge in [0.1, 0.15) is 24.4 Å². The number of hydrogen-bond acceptors (Lipinski definition) is 8. The van der Waals surface area contributed by atoms with Gasteiger partial charge in [0, 0.05) is 6.42 Å². The highest BCUT2D eigenvalue weighted by molar-refractivity contribution is 5.76. The van der Waals surface area contributed by atoms with Crippen molar-refractivity contribution in [2.45, 2.75) is 288 Å². The maximum atomic E-state index is 13.0. The molecule has 1 aliphatic rings. The van der Waals surface area contributed by atoms with Crippen LogP contribution >= 0.6 is 0 Å². The lowest BCUT2D eigenvalue weighted by Crippen LogP contribution is -2.60. The molecule has 7 atom stereocenters. The van der Waals surface area contributed by atoms with Gasteiger partial charge in [-0.3, -0.25) is 4.79 Å². The van der Waals surface area contributed by atoms with E-state index >= 15 is 0 Å². The molecule has 1 fully saturated rings. The Kier molecular flexibility index (Phi) is 43.2. The molecule has 1 saturated heterocycles. The number of allylic oxidation sites excluding steroid dienone is 7. The first kappa shape index (κ1) is 61.2. The fourth-order valence-corrected chi connectivity index (χ4v) is 8.48. The maximum Gasteiger partial charge on any atom is 0.220 e. The second kappa shape index (κ2) is 45.9. The standard InChI is InChI=1S/C56H103NO8/c1-3-5-7-9-11-13-15-17-19-21-23-24-25-26-27-28-29-31-33-35-37-39-41-43-45-50(59)49(48-64-56-55(63)54(62)53(61)51(47-58)65-56)57-52(60)46-44-42-40-38-36-34-32-30-22-20-18-16-14-12-10-8-6-4-2/h28-30,32,35,37,43,45,49-51,53-56,58-59,61-63H,3-27,31,33-34,36,38-42,44,46-48H2,1-2H3,(H,57,60)/b29-28+,32-30-,37-35+,45-43+. The molecule has 1 heterocycles. The minimum absolute atomic E-state index is 0.198. The number of carbonyl (C=O) groups is 1. The number of aliphatic hydroxyl groups is 5. The van der Waals surface area contributed by atoms with E-state index < -0.39 is 49.5 Å². The lowest BCUT2D eigenvalue weighted by atomic mass is 9.99. The van der Waals surface area contributed by atoms with Gasteiger partial charge in [-0.15, -0.1) is 0 Å². The average molecular weight is 918 g/mol. The molecule has 1 rings (SSSR count). The number of unbranched alkanes of at least 4 members (excludes halogenated alkanes) is 30. The van der Waals surface area contributed by atoms with E-state index in [0.717, 1.165) is 64.2 Å². The van der Waals surface area contributed by atoms with Gasteiger partial charge in [-0.25, -0.2) is 0 Å². The summed E-state index contributed by atoms with van der Waals surface area (Å²) in [5.41, 5.74) is 0. The lowest BCUT2D eigenvalue weighted by molar-refractivity contribution is -0.302. The summed E-state index contributed by atoms with van der Waals surface area (Å²) >= 11 is 0. The highest BCUT2D eigenvalue weighted by atomic mass is 16.7. The summed E-state index contributed by atoms with van der Waals surface area (Å²) in [4.78, 5) is 13.0. The molecular formula is C56H103NO8. The van der Waals surface area contributed by atoms with Crippen molar-refractivity contribution in [3.8, 4) is 0 Å². The quantitative estimate of drug-likeness (QED) is 0.0261. The maximum absolute atomic E-state index is 13.0. The first-order valence-corrected chi connectivity index (χ1v) is 27.4. The van der Waals surface area contributed by atoms with Crippen LogP contribution in [0.2, 0.25) is 0 Å². The summed E-state index contributed by atoms with van der Waals surface area (Å²) in [5, 5.41) is 54.4. The Hall–Kier alpha value is -1.85. The van der Waals surface area contributed by atoms with E-state index in [1.54, 1.807) is 6.08 Å². The van der Waals surface area contributed by atoms with Crippen LogP contribution in [0.3, 0.4) is 0 Å². The monoisotopic (exact) mass is 918 g/mol. The fourth-order valence-electron chi connectivity index (χ4n) is 8.48. The van der Waals surface area contributed by atoms with Crippen molar-refractivity contribution in [3.63, 3.8) is 0 Å². The molecule has 0 aromatic rings. The van der Waals surface area contributed by atoms with E-state index in [-0.39, 0.29) is 12.5 Å². The first-order valence-electron chi connectivity index (χ1n) is 27.4. The normalized spacial score (nSPS) is 20.3. The zero-order valence-electron chi connectivity index (χ0n) is 42.0. The van der Waals surface area contributed by atoms with Gasteiger partial charge in [0.05, 0.1) is 25.4 Å². The van der Waals surface area contributed by atoms with Gasteiger partial charge in [-0.1, -0.05) is 217 Å². The van der Waals surface area contributed by atoms with Crippen LogP contribution in [0.5, 0.6) is 0 Å². The molecule has 0 radical (unpaired) electrons. The third-order valence-electron chi connectivity index (χ3n) is 12.9. The fraction of sp³-hybridized carbons (Fsp3) is 0.839. The zero-order valence-corrected chi connectivity index (χ0v) is 42.0. The molecule has 9 heteroatoms. The van der Waals surface area contributed by atoms with Crippen molar-refractivity contribution in [2.24, 2.45) is 0 Å². The molecule has 6 N–H and O–H groups in total. The Morgan fingerprint density at radius 2 is 0.877 bits per heavy atom. The molecule has 0 aromatic carbocycles. The number of carbonyl (C=O) groups excluding carboxylic acids is 1. The van der Waals surface area contributed by atoms with Gasteiger partial charge in [-0.2, -0.15) is 0 Å². The van der Waals surface area contributed by atoms with Crippen molar-refractivity contribution in [3.05, 3.63) is 48.6 Å². The summed E-state index contributed by atoms with van der Waals surface area (Å²) in [5.74, 6) is -0.198. The van der Waals surface area contributed by atoms with Gasteiger partial charge >= 0.3 is 0 Å². The van der Waals surface area contributed by atoms with E-state index in [4.69, 9.17) is 9.47 Å².